The molecule has 0 radical (unpaired) electrons. The van der Waals surface area contributed by atoms with E-state index in [4.69, 9.17) is 4.74 Å². The SMILES string of the molecule is Cn1c(CO[C@H]2CN(C(=O)C3CC3)C[C@H]2F)nc2ccccc21. The number of rotatable bonds is 4. The number of imidazole rings is 1. The van der Waals surface area contributed by atoms with E-state index in [-0.39, 0.29) is 25.0 Å². The molecule has 6 heteroatoms. The van der Waals surface area contributed by atoms with E-state index in [1.165, 1.54) is 0 Å². The quantitative estimate of drug-likeness (QED) is 0.867. The fraction of sp³-hybridized carbons (Fsp3) is 0.529. The number of carbonyl (C=O) groups excluding carboxylic acids is 1. The van der Waals surface area contributed by atoms with Crippen LogP contribution < -0.4 is 0 Å². The van der Waals surface area contributed by atoms with Crippen molar-refractivity contribution in [3.63, 3.8) is 0 Å². The molecule has 4 rings (SSSR count). The maximum atomic E-state index is 14.1. The number of aromatic nitrogens is 2. The zero-order chi connectivity index (χ0) is 16.0. The Hall–Kier alpha value is -1.95. The number of aryl methyl sites for hydroxylation is 1. The first-order chi connectivity index (χ1) is 11.1. The number of fused-ring (bicyclic) bond motifs is 1. The maximum absolute atomic E-state index is 14.1. The molecule has 0 spiro atoms. The fourth-order valence-corrected chi connectivity index (χ4v) is 3.17. The molecule has 2 atom stereocenters. The minimum Gasteiger partial charge on any atom is -0.365 e. The van der Waals surface area contributed by atoms with Crippen molar-refractivity contribution in [3.05, 3.63) is 30.1 Å². The number of nitrogens with zero attached hydrogens (tertiary/aromatic N) is 3. The smallest absolute Gasteiger partial charge is 0.225 e. The molecular weight excluding hydrogens is 297 g/mol. The normalized spacial score (nSPS) is 24.5. The lowest BCUT2D eigenvalue weighted by Crippen LogP contribution is -2.31. The third-order valence-electron chi connectivity index (χ3n) is 4.74. The Bertz CT molecular complexity index is 741. The van der Waals surface area contributed by atoms with Crippen LogP contribution in [0, 0.1) is 5.92 Å². The van der Waals surface area contributed by atoms with Gasteiger partial charge in [0.25, 0.3) is 0 Å². The number of alkyl halides is 1. The highest BCUT2D eigenvalue weighted by Crippen LogP contribution is 2.33. The highest BCUT2D eigenvalue weighted by Gasteiger charge is 2.41. The predicted octanol–water partition coefficient (Wildman–Crippen LogP) is 2.05. The van der Waals surface area contributed by atoms with E-state index < -0.39 is 12.3 Å². The zero-order valence-corrected chi connectivity index (χ0v) is 13.1. The van der Waals surface area contributed by atoms with Crippen molar-refractivity contribution in [2.24, 2.45) is 13.0 Å². The van der Waals surface area contributed by atoms with E-state index in [0.717, 1.165) is 29.7 Å². The van der Waals surface area contributed by atoms with Crippen molar-refractivity contribution < 1.29 is 13.9 Å². The summed E-state index contributed by atoms with van der Waals surface area (Å²) in [6, 6.07) is 7.85. The summed E-state index contributed by atoms with van der Waals surface area (Å²) in [4.78, 5) is 18.2. The van der Waals surface area contributed by atoms with E-state index in [1.807, 2.05) is 35.9 Å². The molecule has 1 aromatic heterocycles. The van der Waals surface area contributed by atoms with Crippen LogP contribution in [0.25, 0.3) is 11.0 Å². The van der Waals surface area contributed by atoms with Gasteiger partial charge in [0.2, 0.25) is 5.91 Å². The molecule has 1 aliphatic heterocycles. The molecule has 122 valence electrons. The Kier molecular flexibility index (Phi) is 3.56. The monoisotopic (exact) mass is 317 g/mol. The lowest BCUT2D eigenvalue weighted by atomic mass is 10.3. The number of ether oxygens (including phenoxy) is 1. The number of benzene rings is 1. The summed E-state index contributed by atoms with van der Waals surface area (Å²) < 4.78 is 21.8. The largest absolute Gasteiger partial charge is 0.365 e. The third-order valence-corrected chi connectivity index (χ3v) is 4.74. The standard InChI is InChI=1S/C17H20FN3O2/c1-20-14-5-3-2-4-13(14)19-16(20)10-23-15-9-21(8-12(15)18)17(22)11-6-7-11/h2-5,11-12,15H,6-10H2,1H3/t12-,15+/m1/s1. The van der Waals surface area contributed by atoms with Crippen LogP contribution in [0.1, 0.15) is 18.7 Å². The van der Waals surface area contributed by atoms with Crippen LogP contribution in [0.5, 0.6) is 0 Å². The topological polar surface area (TPSA) is 47.4 Å². The van der Waals surface area contributed by atoms with Gasteiger partial charge in [0.1, 0.15) is 24.7 Å². The number of hydrogen-bond donors (Lipinski definition) is 0. The summed E-state index contributed by atoms with van der Waals surface area (Å²) in [5.74, 6) is 0.979. The van der Waals surface area contributed by atoms with Crippen molar-refractivity contribution in [2.75, 3.05) is 13.1 Å². The number of carbonyl (C=O) groups is 1. The average molecular weight is 317 g/mol. The van der Waals surface area contributed by atoms with E-state index >= 15 is 0 Å². The summed E-state index contributed by atoms with van der Waals surface area (Å²) >= 11 is 0. The number of halogens is 1. The number of hydrogen-bond acceptors (Lipinski definition) is 3. The molecule has 2 aliphatic rings. The molecule has 1 aliphatic carbocycles. The lowest BCUT2D eigenvalue weighted by Gasteiger charge is -2.15. The van der Waals surface area contributed by atoms with Gasteiger partial charge in [-0.3, -0.25) is 4.79 Å². The highest BCUT2D eigenvalue weighted by molar-refractivity contribution is 5.81. The van der Waals surface area contributed by atoms with Gasteiger partial charge in [-0.25, -0.2) is 9.37 Å². The molecule has 2 fully saturated rings. The first kappa shape index (κ1) is 14.6. The second kappa shape index (κ2) is 5.60. The molecule has 1 aromatic carbocycles. The van der Waals surface area contributed by atoms with Crippen LogP contribution in [0.15, 0.2) is 24.3 Å². The van der Waals surface area contributed by atoms with E-state index in [9.17, 15) is 9.18 Å². The van der Waals surface area contributed by atoms with Gasteiger partial charge < -0.3 is 14.2 Å². The van der Waals surface area contributed by atoms with Crippen molar-refractivity contribution in [3.8, 4) is 0 Å². The van der Waals surface area contributed by atoms with Crippen molar-refractivity contribution >= 4 is 16.9 Å². The van der Waals surface area contributed by atoms with Gasteiger partial charge in [0, 0.05) is 19.5 Å². The molecule has 1 amide bonds. The Morgan fingerprint density at radius 3 is 2.87 bits per heavy atom. The Labute approximate surface area is 134 Å². The first-order valence-corrected chi connectivity index (χ1v) is 8.08. The van der Waals surface area contributed by atoms with Crippen molar-refractivity contribution in [1.29, 1.82) is 0 Å². The molecular formula is C17H20FN3O2. The van der Waals surface area contributed by atoms with Crippen molar-refractivity contribution in [1.82, 2.24) is 14.5 Å². The zero-order valence-electron chi connectivity index (χ0n) is 13.1. The Balaban J connectivity index is 1.42. The van der Waals surface area contributed by atoms with E-state index in [2.05, 4.69) is 4.98 Å². The van der Waals surface area contributed by atoms with Gasteiger partial charge >= 0.3 is 0 Å². The first-order valence-electron chi connectivity index (χ1n) is 8.08. The summed E-state index contributed by atoms with van der Waals surface area (Å²) in [6.07, 6.45) is 0.208. The molecule has 2 aromatic rings. The predicted molar refractivity (Wildman–Crippen MR) is 83.5 cm³/mol. The molecule has 1 saturated carbocycles. The summed E-state index contributed by atoms with van der Waals surface area (Å²) in [7, 11) is 1.93. The van der Waals surface area contributed by atoms with Gasteiger partial charge in [-0.1, -0.05) is 12.1 Å². The number of likely N-dealkylation sites (tertiary alicyclic amines) is 1. The summed E-state index contributed by atoms with van der Waals surface area (Å²) in [6.45, 7) is 0.755. The molecule has 2 heterocycles. The van der Waals surface area contributed by atoms with Gasteiger partial charge in [-0.2, -0.15) is 0 Å². The van der Waals surface area contributed by atoms with Crippen LogP contribution in [0.2, 0.25) is 0 Å². The third kappa shape index (κ3) is 2.72. The Morgan fingerprint density at radius 2 is 2.13 bits per heavy atom. The van der Waals surface area contributed by atoms with Gasteiger partial charge in [0.15, 0.2) is 0 Å². The molecule has 0 N–H and O–H groups in total. The van der Waals surface area contributed by atoms with Crippen LogP contribution >= 0.6 is 0 Å². The van der Waals surface area contributed by atoms with Crippen molar-refractivity contribution in [2.45, 2.75) is 31.7 Å². The average Bonchev–Trinajstić information content (AvgIpc) is 3.27. The Morgan fingerprint density at radius 1 is 1.35 bits per heavy atom. The second-order valence-electron chi connectivity index (χ2n) is 6.46. The number of para-hydroxylation sites is 2. The summed E-state index contributed by atoms with van der Waals surface area (Å²) in [5.41, 5.74) is 1.93. The molecule has 5 nitrogen and oxygen atoms in total. The molecule has 0 unspecified atom stereocenters. The lowest BCUT2D eigenvalue weighted by molar-refractivity contribution is -0.132. The molecule has 23 heavy (non-hydrogen) atoms. The minimum absolute atomic E-state index is 0.0847. The van der Waals surface area contributed by atoms with Crippen LogP contribution in [-0.2, 0) is 23.2 Å². The van der Waals surface area contributed by atoms with E-state index in [1.54, 1.807) is 4.90 Å². The number of amides is 1. The van der Waals surface area contributed by atoms with Gasteiger partial charge in [-0.15, -0.1) is 0 Å². The minimum atomic E-state index is -1.12. The van der Waals surface area contributed by atoms with Crippen LogP contribution in [0.3, 0.4) is 0 Å². The second-order valence-corrected chi connectivity index (χ2v) is 6.46. The molecule has 0 bridgehead atoms. The maximum Gasteiger partial charge on any atom is 0.225 e. The summed E-state index contributed by atoms with van der Waals surface area (Å²) in [5, 5.41) is 0. The van der Waals surface area contributed by atoms with Crippen LogP contribution in [0.4, 0.5) is 4.39 Å². The fourth-order valence-electron chi connectivity index (χ4n) is 3.17. The van der Waals surface area contributed by atoms with Gasteiger partial charge in [0.05, 0.1) is 17.6 Å². The van der Waals surface area contributed by atoms with Gasteiger partial charge in [-0.05, 0) is 25.0 Å². The van der Waals surface area contributed by atoms with E-state index in [0.29, 0.717) is 6.54 Å². The highest BCUT2D eigenvalue weighted by atomic mass is 19.1. The van der Waals surface area contributed by atoms with Crippen LogP contribution in [-0.4, -0.2) is 45.7 Å². The molecule has 1 saturated heterocycles.